The van der Waals surface area contributed by atoms with Crippen molar-refractivity contribution in [3.05, 3.63) is 34.4 Å². The molecule has 0 saturated carbocycles. The van der Waals surface area contributed by atoms with Crippen LogP contribution in [0.4, 0.5) is 5.69 Å². The van der Waals surface area contributed by atoms with Gasteiger partial charge in [0.05, 0.1) is 16.8 Å². The van der Waals surface area contributed by atoms with Crippen molar-refractivity contribution >= 4 is 53.3 Å². The molecule has 0 spiro atoms. The molecule has 3 rings (SSSR count). The van der Waals surface area contributed by atoms with Crippen LogP contribution in [0.1, 0.15) is 41.5 Å². The molecule has 0 radical (unpaired) electrons. The molecule has 0 aliphatic carbocycles. The van der Waals surface area contributed by atoms with Gasteiger partial charge in [0.2, 0.25) is 12.4 Å². The number of nitro groups is 1. The quantitative estimate of drug-likeness (QED) is 0.130. The van der Waals surface area contributed by atoms with E-state index in [4.69, 9.17) is 42.6 Å². The minimum Gasteiger partial charge on any atom is -0.463 e. The Hall–Kier alpha value is -4.49. The van der Waals surface area contributed by atoms with E-state index in [1.807, 2.05) is 0 Å². The predicted octanol–water partition coefficient (Wildman–Crippen LogP) is 1.38. The Morgan fingerprint density at radius 1 is 0.729 bits per heavy atom. The number of carbonyl (C=O) groups excluding carboxylic acids is 6. The number of carbonyl (C=O) groups is 6. The fraction of sp³-hybridized carbons (Fsp3) is 0.586. The molecule has 2 saturated heterocycles. The summed E-state index contributed by atoms with van der Waals surface area (Å²) in [5.41, 5.74) is -1.48. The molecular weight excluding hydrogens is 666 g/mol. The molecule has 0 aromatic heterocycles. The van der Waals surface area contributed by atoms with Gasteiger partial charge >= 0.3 is 35.8 Å². The van der Waals surface area contributed by atoms with E-state index >= 15 is 0 Å². The van der Waals surface area contributed by atoms with Crippen LogP contribution < -0.4 is 4.74 Å². The average molecular weight is 702 g/mol. The van der Waals surface area contributed by atoms with Crippen molar-refractivity contribution in [2.24, 2.45) is 0 Å². The van der Waals surface area contributed by atoms with Gasteiger partial charge in [-0.1, -0.05) is 0 Å². The predicted molar refractivity (Wildman–Crippen MR) is 158 cm³/mol. The topological polar surface area (TPSA) is 229 Å². The molecule has 2 fully saturated rings. The summed E-state index contributed by atoms with van der Waals surface area (Å²) in [4.78, 5) is 83.1. The van der Waals surface area contributed by atoms with Gasteiger partial charge in [-0.25, -0.2) is 0 Å². The lowest BCUT2D eigenvalue weighted by Crippen LogP contribution is -2.63. The number of nitro benzene ring substituents is 1. The van der Waals surface area contributed by atoms with E-state index < -0.39 is 101 Å². The van der Waals surface area contributed by atoms with Crippen LogP contribution in [0.3, 0.4) is 0 Å². The van der Waals surface area contributed by atoms with Gasteiger partial charge in [0, 0.05) is 53.7 Å². The fourth-order valence-electron chi connectivity index (χ4n) is 4.86. The van der Waals surface area contributed by atoms with Gasteiger partial charge < -0.3 is 42.6 Å². The van der Waals surface area contributed by atoms with E-state index in [0.717, 1.165) is 53.3 Å². The zero-order valence-corrected chi connectivity index (χ0v) is 27.5. The second-order valence-corrected chi connectivity index (χ2v) is 11.8. The van der Waals surface area contributed by atoms with Crippen molar-refractivity contribution in [3.8, 4) is 5.75 Å². The number of hydrogen-bond acceptors (Lipinski definition) is 18. The first kappa shape index (κ1) is 38.0. The Labute approximate surface area is 278 Å². The summed E-state index contributed by atoms with van der Waals surface area (Å²) < 4.78 is 50.4. The maximum absolute atomic E-state index is 12.3. The first-order valence-electron chi connectivity index (χ1n) is 14.4. The third-order valence-electron chi connectivity index (χ3n) is 6.54. The molecule has 1 aromatic rings. The van der Waals surface area contributed by atoms with Crippen molar-refractivity contribution in [1.82, 2.24) is 0 Å². The molecule has 0 bridgehead atoms. The van der Waals surface area contributed by atoms with Crippen molar-refractivity contribution in [2.75, 3.05) is 13.2 Å². The highest BCUT2D eigenvalue weighted by atomic mass is 32.2. The normalized spacial score (nSPS) is 28.2. The molecule has 9 atom stereocenters. The lowest BCUT2D eigenvalue weighted by atomic mass is 9.99. The van der Waals surface area contributed by atoms with Gasteiger partial charge in [-0.3, -0.25) is 38.9 Å². The molecule has 2 aliphatic heterocycles. The van der Waals surface area contributed by atoms with Crippen LogP contribution in [-0.4, -0.2) is 108 Å². The monoisotopic (exact) mass is 701 g/mol. The van der Waals surface area contributed by atoms with Gasteiger partial charge in [-0.2, -0.15) is 0 Å². The Morgan fingerprint density at radius 2 is 1.23 bits per heavy atom. The van der Waals surface area contributed by atoms with Gasteiger partial charge in [-0.05, 0) is 12.1 Å². The average Bonchev–Trinajstić information content (AvgIpc) is 2.97. The second kappa shape index (κ2) is 17.1. The van der Waals surface area contributed by atoms with Crippen LogP contribution >= 0.6 is 11.8 Å². The Morgan fingerprint density at radius 3 is 1.75 bits per heavy atom. The smallest absolute Gasteiger partial charge is 0.303 e. The first-order valence-corrected chi connectivity index (χ1v) is 15.3. The first-order chi connectivity index (χ1) is 22.5. The third-order valence-corrected chi connectivity index (χ3v) is 7.95. The number of ether oxygens (including phenoxy) is 9. The highest BCUT2D eigenvalue weighted by Crippen LogP contribution is 2.40. The van der Waals surface area contributed by atoms with E-state index in [9.17, 15) is 38.9 Å². The highest BCUT2D eigenvalue weighted by Gasteiger charge is 2.55. The molecule has 264 valence electrons. The second-order valence-electron chi connectivity index (χ2n) is 10.5. The van der Waals surface area contributed by atoms with Crippen LogP contribution in [0.5, 0.6) is 5.75 Å². The van der Waals surface area contributed by atoms with E-state index in [-0.39, 0.29) is 18.0 Å². The van der Waals surface area contributed by atoms with Gasteiger partial charge in [0.15, 0.2) is 24.4 Å². The number of benzene rings is 1. The molecule has 0 unspecified atom stereocenters. The molecule has 19 heteroatoms. The molecule has 0 N–H and O–H groups in total. The Bertz CT molecular complexity index is 1370. The summed E-state index contributed by atoms with van der Waals surface area (Å²) >= 11 is 0.880. The maximum Gasteiger partial charge on any atom is 0.303 e. The van der Waals surface area contributed by atoms with Crippen LogP contribution in [0.15, 0.2) is 24.3 Å². The third kappa shape index (κ3) is 10.8. The highest BCUT2D eigenvalue weighted by molar-refractivity contribution is 8.00. The minimum absolute atomic E-state index is 0.106. The molecule has 0 amide bonds. The zero-order valence-electron chi connectivity index (χ0n) is 26.7. The number of esters is 6. The largest absolute Gasteiger partial charge is 0.463 e. The van der Waals surface area contributed by atoms with Crippen molar-refractivity contribution in [2.45, 2.75) is 95.1 Å². The molecular formula is C29H35NO17S. The zero-order chi connectivity index (χ0) is 35.7. The summed E-state index contributed by atoms with van der Waals surface area (Å²) in [5.74, 6) is -4.62. The molecule has 2 aliphatic rings. The molecule has 18 nitrogen and oxygen atoms in total. The van der Waals surface area contributed by atoms with E-state index in [2.05, 4.69) is 0 Å². The van der Waals surface area contributed by atoms with Crippen LogP contribution in [0.25, 0.3) is 0 Å². The van der Waals surface area contributed by atoms with Gasteiger partial charge in [-0.15, -0.1) is 11.8 Å². The fourth-order valence-corrected chi connectivity index (χ4v) is 6.30. The van der Waals surface area contributed by atoms with Gasteiger partial charge in [0.25, 0.3) is 5.69 Å². The van der Waals surface area contributed by atoms with Crippen molar-refractivity contribution in [1.29, 1.82) is 0 Å². The van der Waals surface area contributed by atoms with Crippen LogP contribution in [-0.2, 0) is 66.7 Å². The number of nitrogens with zero attached hydrogens (tertiary/aromatic N) is 1. The Kier molecular flexibility index (Phi) is 13.5. The number of thioether (sulfide) groups is 1. The molecule has 48 heavy (non-hydrogen) atoms. The van der Waals surface area contributed by atoms with E-state index in [1.165, 1.54) is 24.3 Å². The minimum atomic E-state index is -1.46. The van der Waals surface area contributed by atoms with Crippen LogP contribution in [0, 0.1) is 10.1 Å². The van der Waals surface area contributed by atoms with E-state index in [0.29, 0.717) is 0 Å². The summed E-state index contributed by atoms with van der Waals surface area (Å²) in [5, 5.41) is 10.1. The number of rotatable bonds is 12. The maximum atomic E-state index is 12.3. The van der Waals surface area contributed by atoms with Crippen LogP contribution in [0.2, 0.25) is 0 Å². The molecule has 1 aromatic carbocycles. The lowest BCUT2D eigenvalue weighted by Gasteiger charge is -2.46. The Balaban J connectivity index is 2.00. The summed E-state index contributed by atoms with van der Waals surface area (Å²) in [6, 6.07) is 4.97. The van der Waals surface area contributed by atoms with Gasteiger partial charge in [0.1, 0.15) is 23.9 Å². The van der Waals surface area contributed by atoms with E-state index in [1.54, 1.807) is 0 Å². The molecule has 2 heterocycles. The summed E-state index contributed by atoms with van der Waals surface area (Å²) in [7, 11) is 0. The summed E-state index contributed by atoms with van der Waals surface area (Å²) in [6.07, 6.45) is -9.60. The van der Waals surface area contributed by atoms with Crippen molar-refractivity contribution in [3.63, 3.8) is 0 Å². The number of hydrogen-bond donors (Lipinski definition) is 0. The lowest BCUT2D eigenvalue weighted by molar-refractivity contribution is -0.384. The standard InChI is InChI=1S/C29H35NO17S/c1-13(31)39-11-21-23(41-14(2)32)25(43-16(4)34)27(45-18(6)36)29(47-21)48-22-12-40-28(26(44-17(5)35)24(22)42-15(3)33)46-20-9-7-19(8-10-20)30(37)38/h7-10,21-29H,11-12H2,1-6H3/t21-,22-,23-,24+,25+,26-,27+,28+,29+/m1/s1. The summed E-state index contributed by atoms with van der Waals surface area (Å²) in [6.45, 7) is 5.87. The number of non-ortho nitro benzene ring substituents is 1. The SMILES string of the molecule is CC(=O)OC[C@H]1O[C@@H](S[C@@H]2CO[C@@H](Oc3ccc([N+](=O)[O-])cc3)[C@H](OC(C)=O)[C@H]2OC(C)=O)[C@@H](OC(C)=O)[C@@H](OC(C)=O)[C@@H]1OC(C)=O. The van der Waals surface area contributed by atoms with Crippen molar-refractivity contribution < 1.29 is 76.3 Å².